The molecule has 8 heteroatoms. The van der Waals surface area contributed by atoms with Crippen molar-refractivity contribution in [3.8, 4) is 0 Å². The first kappa shape index (κ1) is 21.2. The third-order valence-electron chi connectivity index (χ3n) is 5.51. The van der Waals surface area contributed by atoms with Crippen molar-refractivity contribution in [2.24, 2.45) is 5.92 Å². The summed E-state index contributed by atoms with van der Waals surface area (Å²) in [5.74, 6) is -0.614. The van der Waals surface area contributed by atoms with Gasteiger partial charge in [-0.2, -0.15) is 0 Å². The Kier molecular flexibility index (Phi) is 6.51. The number of nitrogens with zero attached hydrogens (tertiary/aromatic N) is 3. The maximum absolute atomic E-state index is 12.9. The molecule has 0 unspecified atom stereocenters. The molecule has 0 radical (unpaired) electrons. The number of carbonyl (C=O) groups excluding carboxylic acids is 3. The molecular weight excluding hydrogens is 350 g/mol. The molecule has 0 saturated carbocycles. The molecule has 2 rings (SSSR count). The number of methoxy groups -OCH3 is 1. The van der Waals surface area contributed by atoms with Crippen LogP contribution < -0.4 is 0 Å². The summed E-state index contributed by atoms with van der Waals surface area (Å²) in [4.78, 5) is 41.7. The molecule has 3 amide bonds. The van der Waals surface area contributed by atoms with E-state index < -0.39 is 17.6 Å². The number of likely N-dealkylation sites (N-methyl/N-ethyl adjacent to an activating group) is 1. The van der Waals surface area contributed by atoms with Crippen molar-refractivity contribution in [3.63, 3.8) is 0 Å². The van der Waals surface area contributed by atoms with Gasteiger partial charge in [-0.05, 0) is 31.8 Å². The second-order valence-corrected chi connectivity index (χ2v) is 7.66. The van der Waals surface area contributed by atoms with Crippen LogP contribution in [0.15, 0.2) is 12.7 Å². The van der Waals surface area contributed by atoms with E-state index in [0.29, 0.717) is 32.5 Å². The first-order valence-corrected chi connectivity index (χ1v) is 9.36. The molecule has 2 atom stereocenters. The van der Waals surface area contributed by atoms with Gasteiger partial charge in [0, 0.05) is 20.1 Å². The maximum Gasteiger partial charge on any atom is 0.328 e. The average Bonchev–Trinajstić information content (AvgIpc) is 2.96. The molecule has 0 aromatic heterocycles. The van der Waals surface area contributed by atoms with Crippen LogP contribution in [0.5, 0.6) is 0 Å². The third kappa shape index (κ3) is 4.26. The van der Waals surface area contributed by atoms with Gasteiger partial charge < -0.3 is 24.2 Å². The summed E-state index contributed by atoms with van der Waals surface area (Å²) < 4.78 is 10.9. The lowest BCUT2D eigenvalue weighted by Crippen LogP contribution is -2.55. The SMILES string of the molecule is C=CC(=O)N1CC2(CCN(C(=O)N(C)[C@H](C(=O)OC)C(C)C)CC2)O[C@@H]1C. The van der Waals surface area contributed by atoms with E-state index in [9.17, 15) is 14.4 Å². The monoisotopic (exact) mass is 381 g/mol. The van der Waals surface area contributed by atoms with Gasteiger partial charge in [0.05, 0.1) is 19.3 Å². The zero-order chi connectivity index (χ0) is 20.4. The minimum absolute atomic E-state index is 0.0555. The van der Waals surface area contributed by atoms with Gasteiger partial charge in [-0.1, -0.05) is 20.4 Å². The van der Waals surface area contributed by atoms with Crippen LogP contribution in [0.25, 0.3) is 0 Å². The van der Waals surface area contributed by atoms with Gasteiger partial charge in [-0.25, -0.2) is 9.59 Å². The van der Waals surface area contributed by atoms with Crippen LogP contribution in [0.3, 0.4) is 0 Å². The van der Waals surface area contributed by atoms with E-state index in [1.165, 1.54) is 18.1 Å². The number of likely N-dealkylation sites (tertiary alicyclic amines) is 1. The number of hydrogen-bond donors (Lipinski definition) is 0. The summed E-state index contributed by atoms with van der Waals surface area (Å²) in [5, 5.41) is 0. The van der Waals surface area contributed by atoms with Crippen LogP contribution in [-0.2, 0) is 19.1 Å². The van der Waals surface area contributed by atoms with Crippen molar-refractivity contribution in [2.75, 3.05) is 33.8 Å². The summed E-state index contributed by atoms with van der Waals surface area (Å²) >= 11 is 0. The standard InChI is InChI=1S/C19H31N3O5/c1-7-15(23)22-12-19(27-14(22)4)8-10-21(11-9-19)18(25)20(5)16(13(2)3)17(24)26-6/h7,13-14,16H,1,8-12H2,2-6H3/t14-,16+/m1/s1. The molecule has 2 saturated heterocycles. The predicted molar refractivity (Wildman–Crippen MR) is 99.8 cm³/mol. The summed E-state index contributed by atoms with van der Waals surface area (Å²) in [6.07, 6.45) is 2.28. The van der Waals surface area contributed by atoms with Crippen LogP contribution in [0, 0.1) is 5.92 Å². The van der Waals surface area contributed by atoms with Gasteiger partial charge >= 0.3 is 12.0 Å². The van der Waals surface area contributed by atoms with Crippen LogP contribution in [0.4, 0.5) is 4.79 Å². The molecule has 0 N–H and O–H groups in total. The largest absolute Gasteiger partial charge is 0.467 e. The summed E-state index contributed by atoms with van der Waals surface area (Å²) in [6, 6.07) is -0.819. The number of hydrogen-bond acceptors (Lipinski definition) is 5. The number of urea groups is 1. The fraction of sp³-hybridized carbons (Fsp3) is 0.737. The molecule has 0 aliphatic carbocycles. The van der Waals surface area contributed by atoms with Crippen molar-refractivity contribution in [3.05, 3.63) is 12.7 Å². The molecule has 27 heavy (non-hydrogen) atoms. The van der Waals surface area contributed by atoms with E-state index in [-0.39, 0.29) is 24.1 Å². The average molecular weight is 381 g/mol. The van der Waals surface area contributed by atoms with Gasteiger partial charge in [-0.15, -0.1) is 0 Å². The highest BCUT2D eigenvalue weighted by Gasteiger charge is 2.47. The first-order valence-electron chi connectivity index (χ1n) is 9.36. The quantitative estimate of drug-likeness (QED) is 0.544. The van der Waals surface area contributed by atoms with E-state index in [1.807, 2.05) is 20.8 Å². The number of ether oxygens (including phenoxy) is 2. The lowest BCUT2D eigenvalue weighted by atomic mass is 9.91. The Morgan fingerprint density at radius 2 is 1.89 bits per heavy atom. The lowest BCUT2D eigenvalue weighted by molar-refractivity contribution is -0.147. The molecule has 2 fully saturated rings. The number of esters is 1. The zero-order valence-electron chi connectivity index (χ0n) is 16.9. The predicted octanol–water partition coefficient (Wildman–Crippen LogP) is 1.46. The lowest BCUT2D eigenvalue weighted by Gasteiger charge is -2.41. The minimum Gasteiger partial charge on any atom is -0.467 e. The smallest absolute Gasteiger partial charge is 0.328 e. The minimum atomic E-state index is -0.623. The van der Waals surface area contributed by atoms with Gasteiger partial charge in [0.2, 0.25) is 5.91 Å². The molecular formula is C19H31N3O5. The number of carbonyl (C=O) groups is 3. The Labute approximate surface area is 161 Å². The maximum atomic E-state index is 12.9. The van der Waals surface area contributed by atoms with E-state index in [1.54, 1.807) is 16.8 Å². The number of rotatable bonds is 4. The highest BCUT2D eigenvalue weighted by atomic mass is 16.5. The topological polar surface area (TPSA) is 79.4 Å². The Hall–Kier alpha value is -2.09. The van der Waals surface area contributed by atoms with E-state index in [2.05, 4.69) is 6.58 Å². The zero-order valence-corrected chi connectivity index (χ0v) is 16.9. The van der Waals surface area contributed by atoms with Crippen LogP contribution in [-0.4, -0.2) is 84.3 Å². The van der Waals surface area contributed by atoms with Gasteiger partial charge in [0.25, 0.3) is 0 Å². The number of amides is 3. The van der Waals surface area contributed by atoms with E-state index in [0.717, 1.165) is 0 Å². The Balaban J connectivity index is 2.01. The highest BCUT2D eigenvalue weighted by molar-refractivity contribution is 5.87. The Morgan fingerprint density at radius 1 is 1.30 bits per heavy atom. The highest BCUT2D eigenvalue weighted by Crippen LogP contribution is 2.35. The third-order valence-corrected chi connectivity index (χ3v) is 5.51. The molecule has 2 aliphatic rings. The Bertz CT molecular complexity index is 598. The van der Waals surface area contributed by atoms with Crippen molar-refractivity contribution in [1.29, 1.82) is 0 Å². The van der Waals surface area contributed by atoms with Crippen LogP contribution in [0.2, 0.25) is 0 Å². The molecule has 0 aromatic carbocycles. The fourth-order valence-corrected chi connectivity index (χ4v) is 4.00. The van der Waals surface area contributed by atoms with E-state index >= 15 is 0 Å². The van der Waals surface area contributed by atoms with Crippen LogP contribution in [0.1, 0.15) is 33.6 Å². The second-order valence-electron chi connectivity index (χ2n) is 7.66. The van der Waals surface area contributed by atoms with Crippen molar-refractivity contribution >= 4 is 17.9 Å². The van der Waals surface area contributed by atoms with E-state index in [4.69, 9.17) is 9.47 Å². The van der Waals surface area contributed by atoms with Gasteiger partial charge in [0.1, 0.15) is 12.3 Å². The Morgan fingerprint density at radius 3 is 2.37 bits per heavy atom. The molecule has 8 nitrogen and oxygen atoms in total. The van der Waals surface area contributed by atoms with Crippen molar-refractivity contribution < 1.29 is 23.9 Å². The number of piperidine rings is 1. The summed E-state index contributed by atoms with van der Waals surface area (Å²) in [7, 11) is 2.96. The van der Waals surface area contributed by atoms with Crippen LogP contribution >= 0.6 is 0 Å². The van der Waals surface area contributed by atoms with Gasteiger partial charge in [0.15, 0.2) is 0 Å². The normalized spacial score (nSPS) is 22.7. The molecule has 152 valence electrons. The molecule has 0 bridgehead atoms. The summed E-state index contributed by atoms with van der Waals surface area (Å²) in [6.45, 7) is 10.7. The first-order chi connectivity index (χ1) is 12.7. The van der Waals surface area contributed by atoms with Crippen molar-refractivity contribution in [1.82, 2.24) is 14.7 Å². The van der Waals surface area contributed by atoms with Crippen molar-refractivity contribution in [2.45, 2.75) is 51.5 Å². The molecule has 1 spiro atoms. The second kappa shape index (κ2) is 8.29. The molecule has 2 aliphatic heterocycles. The fourth-order valence-electron chi connectivity index (χ4n) is 4.00. The summed E-state index contributed by atoms with van der Waals surface area (Å²) in [5.41, 5.74) is -0.423. The molecule has 0 aromatic rings. The van der Waals surface area contributed by atoms with Gasteiger partial charge in [-0.3, -0.25) is 4.79 Å². The molecule has 2 heterocycles.